The Kier molecular flexibility index (Phi) is 3.66. The maximum Gasteiger partial charge on any atom is 0.336 e. The maximum atomic E-state index is 11.0. The monoisotopic (exact) mass is 265 g/mol. The van der Waals surface area contributed by atoms with Gasteiger partial charge in [-0.25, -0.2) is 4.79 Å². The van der Waals surface area contributed by atoms with E-state index in [1.165, 1.54) is 18.0 Å². The van der Waals surface area contributed by atoms with Crippen LogP contribution < -0.4 is 0 Å². The summed E-state index contributed by atoms with van der Waals surface area (Å²) in [6, 6.07) is 8.57. The van der Waals surface area contributed by atoms with Crippen molar-refractivity contribution >= 4 is 29.3 Å². The molecule has 1 aromatic heterocycles. The molecular weight excluding hydrogens is 258 g/mol. The summed E-state index contributed by atoms with van der Waals surface area (Å²) in [5, 5.41) is 9.57. The van der Waals surface area contributed by atoms with Crippen molar-refractivity contribution in [2.75, 3.05) is 0 Å². The summed E-state index contributed by atoms with van der Waals surface area (Å²) in [5.41, 5.74) is 0.269. The highest BCUT2D eigenvalue weighted by Gasteiger charge is 2.11. The van der Waals surface area contributed by atoms with E-state index >= 15 is 0 Å². The van der Waals surface area contributed by atoms with Crippen LogP contribution in [0.4, 0.5) is 0 Å². The van der Waals surface area contributed by atoms with Crippen LogP contribution in [-0.2, 0) is 0 Å². The molecular formula is C12H8ClNO2S. The average Bonchev–Trinajstić information content (AvgIpc) is 2.32. The lowest BCUT2D eigenvalue weighted by Crippen LogP contribution is -1.97. The number of aromatic nitrogens is 1. The van der Waals surface area contributed by atoms with Gasteiger partial charge in [0.05, 0.1) is 10.6 Å². The minimum absolute atomic E-state index is 0.269. The van der Waals surface area contributed by atoms with E-state index < -0.39 is 5.97 Å². The first-order valence-corrected chi connectivity index (χ1v) is 5.97. The molecule has 0 radical (unpaired) electrons. The van der Waals surface area contributed by atoms with Crippen molar-refractivity contribution in [3.8, 4) is 0 Å². The quantitative estimate of drug-likeness (QED) is 0.921. The van der Waals surface area contributed by atoms with Gasteiger partial charge in [0.1, 0.15) is 0 Å². The van der Waals surface area contributed by atoms with Gasteiger partial charge >= 0.3 is 5.97 Å². The third-order valence-corrected chi connectivity index (χ3v) is 3.64. The molecule has 5 heteroatoms. The molecule has 0 saturated carbocycles. The molecule has 0 aliphatic heterocycles. The van der Waals surface area contributed by atoms with Gasteiger partial charge in [-0.2, -0.15) is 0 Å². The van der Waals surface area contributed by atoms with Gasteiger partial charge in [0.2, 0.25) is 0 Å². The molecule has 0 bridgehead atoms. The number of carbonyl (C=O) groups is 1. The number of rotatable bonds is 3. The van der Waals surface area contributed by atoms with Crippen LogP contribution in [-0.4, -0.2) is 16.1 Å². The Hall–Kier alpha value is -1.52. The summed E-state index contributed by atoms with van der Waals surface area (Å²) < 4.78 is 0. The third kappa shape index (κ3) is 2.78. The Morgan fingerprint density at radius 3 is 2.71 bits per heavy atom. The fourth-order valence-corrected chi connectivity index (χ4v) is 2.46. The van der Waals surface area contributed by atoms with Crippen LogP contribution in [0.5, 0.6) is 0 Å². The van der Waals surface area contributed by atoms with Crippen molar-refractivity contribution in [1.82, 2.24) is 4.98 Å². The molecule has 0 fully saturated rings. The largest absolute Gasteiger partial charge is 0.478 e. The fourth-order valence-electron chi connectivity index (χ4n) is 1.30. The zero-order valence-corrected chi connectivity index (χ0v) is 10.2. The molecule has 0 spiro atoms. The van der Waals surface area contributed by atoms with E-state index in [1.807, 2.05) is 0 Å². The molecule has 0 amide bonds. The van der Waals surface area contributed by atoms with Gasteiger partial charge in [-0.05, 0) is 18.2 Å². The molecule has 2 aromatic rings. The molecule has 86 valence electrons. The van der Waals surface area contributed by atoms with E-state index in [-0.39, 0.29) is 5.56 Å². The first-order valence-electron chi connectivity index (χ1n) is 4.78. The zero-order chi connectivity index (χ0) is 12.3. The van der Waals surface area contributed by atoms with Gasteiger partial charge in [0, 0.05) is 22.2 Å². The number of carboxylic acids is 1. The van der Waals surface area contributed by atoms with Crippen LogP contribution in [0.25, 0.3) is 0 Å². The van der Waals surface area contributed by atoms with E-state index in [1.54, 1.807) is 36.5 Å². The molecule has 0 aliphatic carbocycles. The van der Waals surface area contributed by atoms with Gasteiger partial charge < -0.3 is 5.11 Å². The number of aromatic carboxylic acids is 1. The molecule has 1 aromatic carbocycles. The van der Waals surface area contributed by atoms with E-state index in [4.69, 9.17) is 16.7 Å². The number of hydrogen-bond acceptors (Lipinski definition) is 3. The van der Waals surface area contributed by atoms with Crippen molar-refractivity contribution in [2.45, 2.75) is 9.79 Å². The second kappa shape index (κ2) is 5.21. The predicted octanol–water partition coefficient (Wildman–Crippen LogP) is 3.58. The Labute approximate surface area is 107 Å². The van der Waals surface area contributed by atoms with Crippen LogP contribution in [0.2, 0.25) is 5.02 Å². The molecule has 17 heavy (non-hydrogen) atoms. The van der Waals surface area contributed by atoms with Crippen LogP contribution in [0.15, 0.2) is 52.5 Å². The van der Waals surface area contributed by atoms with Gasteiger partial charge in [0.15, 0.2) is 0 Å². The third-order valence-electron chi connectivity index (χ3n) is 2.07. The lowest BCUT2D eigenvalue weighted by Gasteiger charge is -2.06. The van der Waals surface area contributed by atoms with Crippen LogP contribution in [0, 0.1) is 0 Å². The Morgan fingerprint density at radius 1 is 1.24 bits per heavy atom. The van der Waals surface area contributed by atoms with E-state index in [0.717, 1.165) is 4.90 Å². The lowest BCUT2D eigenvalue weighted by atomic mass is 10.2. The Balaban J connectivity index is 2.37. The van der Waals surface area contributed by atoms with Crippen LogP contribution in [0.3, 0.4) is 0 Å². The second-order valence-corrected chi connectivity index (χ2v) is 4.70. The summed E-state index contributed by atoms with van der Waals surface area (Å²) in [6.45, 7) is 0. The zero-order valence-electron chi connectivity index (χ0n) is 8.63. The van der Waals surface area contributed by atoms with Crippen molar-refractivity contribution < 1.29 is 9.90 Å². The molecule has 3 nitrogen and oxygen atoms in total. The van der Waals surface area contributed by atoms with Gasteiger partial charge in [-0.3, -0.25) is 4.98 Å². The SMILES string of the molecule is O=C(O)c1ccccc1Sc1ccncc1Cl. The maximum absolute atomic E-state index is 11.0. The van der Waals surface area contributed by atoms with Crippen molar-refractivity contribution in [2.24, 2.45) is 0 Å². The number of pyridine rings is 1. The number of halogens is 1. The van der Waals surface area contributed by atoms with Gasteiger partial charge in [-0.15, -0.1) is 0 Å². The fraction of sp³-hybridized carbons (Fsp3) is 0. The van der Waals surface area contributed by atoms with Gasteiger partial charge in [0.25, 0.3) is 0 Å². The molecule has 0 unspecified atom stereocenters. The summed E-state index contributed by atoms with van der Waals surface area (Å²) in [7, 11) is 0. The highest BCUT2D eigenvalue weighted by atomic mass is 35.5. The molecule has 1 heterocycles. The molecule has 1 N–H and O–H groups in total. The predicted molar refractivity (Wildman–Crippen MR) is 66.8 cm³/mol. The smallest absolute Gasteiger partial charge is 0.336 e. The second-order valence-electron chi connectivity index (χ2n) is 3.21. The molecule has 0 aliphatic rings. The van der Waals surface area contributed by atoms with Crippen molar-refractivity contribution in [3.05, 3.63) is 53.3 Å². The van der Waals surface area contributed by atoms with E-state index in [0.29, 0.717) is 9.92 Å². The summed E-state index contributed by atoms with van der Waals surface area (Å²) in [4.78, 5) is 16.4. The summed E-state index contributed by atoms with van der Waals surface area (Å²) in [6.07, 6.45) is 3.16. The minimum atomic E-state index is -0.946. The lowest BCUT2D eigenvalue weighted by molar-refractivity contribution is 0.0693. The standard InChI is InChI=1S/C12H8ClNO2S/c13-9-7-14-6-5-11(9)17-10-4-2-1-3-8(10)12(15)16/h1-7H,(H,15,16). The molecule has 0 atom stereocenters. The van der Waals surface area contributed by atoms with E-state index in [2.05, 4.69) is 4.98 Å². The molecule has 0 saturated heterocycles. The van der Waals surface area contributed by atoms with Crippen molar-refractivity contribution in [3.63, 3.8) is 0 Å². The Morgan fingerprint density at radius 2 is 2.00 bits per heavy atom. The minimum Gasteiger partial charge on any atom is -0.478 e. The highest BCUT2D eigenvalue weighted by Crippen LogP contribution is 2.34. The summed E-state index contributed by atoms with van der Waals surface area (Å²) >= 11 is 7.29. The number of hydrogen-bond donors (Lipinski definition) is 1. The first-order chi connectivity index (χ1) is 8.18. The van der Waals surface area contributed by atoms with Crippen LogP contribution >= 0.6 is 23.4 Å². The topological polar surface area (TPSA) is 50.2 Å². The number of benzene rings is 1. The van der Waals surface area contributed by atoms with E-state index in [9.17, 15) is 4.79 Å². The Bertz CT molecular complexity index is 560. The van der Waals surface area contributed by atoms with Gasteiger partial charge in [-0.1, -0.05) is 35.5 Å². The normalized spacial score (nSPS) is 10.2. The number of nitrogens with zero attached hydrogens (tertiary/aromatic N) is 1. The van der Waals surface area contributed by atoms with Crippen LogP contribution in [0.1, 0.15) is 10.4 Å². The molecule has 2 rings (SSSR count). The number of carboxylic acid groups (broad SMARTS) is 1. The average molecular weight is 266 g/mol. The first kappa shape index (κ1) is 12.0. The van der Waals surface area contributed by atoms with Crippen molar-refractivity contribution in [1.29, 1.82) is 0 Å². The highest BCUT2D eigenvalue weighted by molar-refractivity contribution is 7.99. The summed E-state index contributed by atoms with van der Waals surface area (Å²) in [5.74, 6) is -0.946.